The molecular weight excluding hydrogens is 354 g/mol. The molecule has 0 saturated heterocycles. The Hall–Kier alpha value is -1.21. The van der Waals surface area contributed by atoms with Gasteiger partial charge in [-0.3, -0.25) is 4.57 Å². The highest BCUT2D eigenvalue weighted by Gasteiger charge is 2.14. The molecule has 1 heterocycles. The summed E-state index contributed by atoms with van der Waals surface area (Å²) in [7, 11) is 0. The van der Waals surface area contributed by atoms with Crippen LogP contribution in [0.5, 0.6) is 0 Å². The van der Waals surface area contributed by atoms with Crippen LogP contribution in [-0.2, 0) is 5.33 Å². The zero-order valence-electron chi connectivity index (χ0n) is 8.47. The van der Waals surface area contributed by atoms with Crippen LogP contribution in [0.4, 0.5) is 0 Å². The average Bonchev–Trinajstić information content (AvgIpc) is 2.76. The second-order valence-electron chi connectivity index (χ2n) is 3.22. The number of carboxylic acids is 1. The highest BCUT2D eigenvalue weighted by atomic mass is 79.9. The number of benzene rings is 1. The number of alkyl halides is 1. The van der Waals surface area contributed by atoms with Crippen molar-refractivity contribution in [1.29, 1.82) is 0 Å². The van der Waals surface area contributed by atoms with E-state index in [4.69, 9.17) is 5.11 Å². The van der Waals surface area contributed by atoms with Crippen molar-refractivity contribution in [2.24, 2.45) is 0 Å². The topological polar surface area (TPSA) is 68.0 Å². The van der Waals surface area contributed by atoms with Gasteiger partial charge in [-0.05, 0) is 18.2 Å². The number of carboxylic acid groups (broad SMARTS) is 1. The van der Waals surface area contributed by atoms with E-state index in [2.05, 4.69) is 42.1 Å². The SMILES string of the molecule is O=C(O)c1cc(Br)ccc1-n1cnnc1CBr. The van der Waals surface area contributed by atoms with Crippen molar-refractivity contribution in [1.82, 2.24) is 14.8 Å². The van der Waals surface area contributed by atoms with Crippen LogP contribution in [0.15, 0.2) is 29.0 Å². The van der Waals surface area contributed by atoms with Crippen molar-refractivity contribution in [2.45, 2.75) is 5.33 Å². The van der Waals surface area contributed by atoms with Gasteiger partial charge >= 0.3 is 5.97 Å². The van der Waals surface area contributed by atoms with E-state index in [0.29, 0.717) is 21.3 Å². The third kappa shape index (κ3) is 2.39. The van der Waals surface area contributed by atoms with Crippen LogP contribution in [0.2, 0.25) is 0 Å². The van der Waals surface area contributed by atoms with Gasteiger partial charge in [-0.15, -0.1) is 10.2 Å². The first-order valence-electron chi connectivity index (χ1n) is 4.61. The number of carbonyl (C=O) groups is 1. The molecule has 88 valence electrons. The molecule has 0 fully saturated rings. The Morgan fingerprint density at radius 2 is 2.24 bits per heavy atom. The van der Waals surface area contributed by atoms with Gasteiger partial charge in [-0.1, -0.05) is 31.9 Å². The fourth-order valence-corrected chi connectivity index (χ4v) is 2.18. The molecule has 0 aliphatic rings. The minimum atomic E-state index is -0.990. The van der Waals surface area contributed by atoms with Gasteiger partial charge in [0.1, 0.15) is 12.2 Å². The van der Waals surface area contributed by atoms with Crippen LogP contribution < -0.4 is 0 Å². The standard InChI is InChI=1S/C10H7Br2N3O2/c11-4-9-14-13-5-15(9)8-2-1-6(12)3-7(8)10(16)17/h1-3,5H,4H2,(H,16,17). The number of hydrogen-bond donors (Lipinski definition) is 1. The second-order valence-corrected chi connectivity index (χ2v) is 4.69. The van der Waals surface area contributed by atoms with Crippen molar-refractivity contribution in [3.63, 3.8) is 0 Å². The predicted octanol–water partition coefficient (Wildman–Crippen LogP) is 2.62. The molecule has 1 N–H and O–H groups in total. The van der Waals surface area contributed by atoms with Crippen LogP contribution in [0.3, 0.4) is 0 Å². The molecule has 1 aromatic carbocycles. The fourth-order valence-electron chi connectivity index (χ4n) is 1.44. The Morgan fingerprint density at radius 1 is 1.47 bits per heavy atom. The van der Waals surface area contributed by atoms with Crippen molar-refractivity contribution < 1.29 is 9.90 Å². The van der Waals surface area contributed by atoms with E-state index < -0.39 is 5.97 Å². The summed E-state index contributed by atoms with van der Waals surface area (Å²) in [4.78, 5) is 11.2. The van der Waals surface area contributed by atoms with E-state index in [9.17, 15) is 4.79 Å². The monoisotopic (exact) mass is 359 g/mol. The molecule has 0 amide bonds. The number of halogens is 2. The zero-order chi connectivity index (χ0) is 12.4. The lowest BCUT2D eigenvalue weighted by molar-refractivity contribution is 0.0697. The Morgan fingerprint density at radius 3 is 2.88 bits per heavy atom. The van der Waals surface area contributed by atoms with E-state index >= 15 is 0 Å². The first kappa shape index (κ1) is 12.3. The third-order valence-electron chi connectivity index (χ3n) is 2.19. The summed E-state index contributed by atoms with van der Waals surface area (Å²) in [6.07, 6.45) is 1.49. The molecule has 0 saturated carbocycles. The van der Waals surface area contributed by atoms with Gasteiger partial charge in [0.25, 0.3) is 0 Å². The molecule has 0 bridgehead atoms. The molecular formula is C10H7Br2N3O2. The number of hydrogen-bond acceptors (Lipinski definition) is 3. The van der Waals surface area contributed by atoms with E-state index in [0.717, 1.165) is 0 Å². The largest absolute Gasteiger partial charge is 0.478 e. The summed E-state index contributed by atoms with van der Waals surface area (Å²) < 4.78 is 2.36. The molecule has 0 aliphatic carbocycles. The molecule has 5 nitrogen and oxygen atoms in total. The minimum absolute atomic E-state index is 0.196. The maximum absolute atomic E-state index is 11.2. The van der Waals surface area contributed by atoms with Gasteiger partial charge < -0.3 is 5.11 Å². The van der Waals surface area contributed by atoms with E-state index in [1.165, 1.54) is 6.33 Å². The van der Waals surface area contributed by atoms with Gasteiger partial charge in [-0.2, -0.15) is 0 Å². The number of nitrogens with zero attached hydrogens (tertiary/aromatic N) is 3. The van der Waals surface area contributed by atoms with Crippen molar-refractivity contribution in [3.05, 3.63) is 40.4 Å². The number of aromatic carboxylic acids is 1. The van der Waals surface area contributed by atoms with Crippen molar-refractivity contribution in [3.8, 4) is 5.69 Å². The molecule has 2 rings (SSSR count). The van der Waals surface area contributed by atoms with E-state index in [-0.39, 0.29) is 5.56 Å². The van der Waals surface area contributed by atoms with Gasteiger partial charge in [-0.25, -0.2) is 4.79 Å². The van der Waals surface area contributed by atoms with Crippen LogP contribution in [0.1, 0.15) is 16.2 Å². The zero-order valence-corrected chi connectivity index (χ0v) is 11.6. The Balaban J connectivity index is 2.63. The predicted molar refractivity (Wildman–Crippen MR) is 68.6 cm³/mol. The fraction of sp³-hybridized carbons (Fsp3) is 0.100. The minimum Gasteiger partial charge on any atom is -0.478 e. The summed E-state index contributed by atoms with van der Waals surface area (Å²) in [5.74, 6) is -0.342. The summed E-state index contributed by atoms with van der Waals surface area (Å²) in [6.45, 7) is 0. The molecule has 17 heavy (non-hydrogen) atoms. The van der Waals surface area contributed by atoms with Gasteiger partial charge in [0.2, 0.25) is 0 Å². The molecule has 0 unspecified atom stereocenters. The summed E-state index contributed by atoms with van der Waals surface area (Å²) >= 11 is 6.53. The van der Waals surface area contributed by atoms with Crippen LogP contribution in [-0.4, -0.2) is 25.8 Å². The Labute approximate surface area is 114 Å². The first-order chi connectivity index (χ1) is 8.13. The van der Waals surface area contributed by atoms with Crippen molar-refractivity contribution >= 4 is 37.8 Å². The Bertz CT molecular complexity index is 568. The Kier molecular flexibility index (Phi) is 3.58. The molecule has 0 atom stereocenters. The number of aromatic nitrogens is 3. The van der Waals surface area contributed by atoms with Crippen LogP contribution in [0.25, 0.3) is 5.69 Å². The molecule has 0 aliphatic heterocycles. The molecule has 1 aromatic heterocycles. The van der Waals surface area contributed by atoms with E-state index in [1.807, 2.05) is 0 Å². The van der Waals surface area contributed by atoms with Crippen LogP contribution >= 0.6 is 31.9 Å². The lowest BCUT2D eigenvalue weighted by Gasteiger charge is -2.08. The second kappa shape index (κ2) is 4.97. The summed E-state index contributed by atoms with van der Waals surface area (Å²) in [5.41, 5.74) is 0.738. The van der Waals surface area contributed by atoms with Crippen molar-refractivity contribution in [2.75, 3.05) is 0 Å². The molecule has 0 radical (unpaired) electrons. The summed E-state index contributed by atoms with van der Waals surface area (Å²) in [6, 6.07) is 5.04. The number of rotatable bonds is 3. The highest BCUT2D eigenvalue weighted by molar-refractivity contribution is 9.10. The molecule has 0 spiro atoms. The lowest BCUT2D eigenvalue weighted by atomic mass is 10.2. The van der Waals surface area contributed by atoms with Gasteiger partial charge in [0, 0.05) is 4.47 Å². The van der Waals surface area contributed by atoms with Gasteiger partial charge in [0.15, 0.2) is 0 Å². The smallest absolute Gasteiger partial charge is 0.337 e. The summed E-state index contributed by atoms with van der Waals surface area (Å²) in [5, 5.41) is 17.3. The van der Waals surface area contributed by atoms with E-state index in [1.54, 1.807) is 22.8 Å². The third-order valence-corrected chi connectivity index (χ3v) is 3.18. The first-order valence-corrected chi connectivity index (χ1v) is 6.53. The molecule has 2 aromatic rings. The average molecular weight is 361 g/mol. The normalized spacial score (nSPS) is 10.5. The van der Waals surface area contributed by atoms with Gasteiger partial charge in [0.05, 0.1) is 16.6 Å². The maximum Gasteiger partial charge on any atom is 0.337 e. The van der Waals surface area contributed by atoms with Crippen LogP contribution in [0, 0.1) is 0 Å². The quantitative estimate of drug-likeness (QED) is 0.854. The molecule has 7 heteroatoms. The highest BCUT2D eigenvalue weighted by Crippen LogP contribution is 2.21. The lowest BCUT2D eigenvalue weighted by Crippen LogP contribution is -2.07. The maximum atomic E-state index is 11.2.